The maximum Gasteiger partial charge on any atom is 0.265 e. The minimum atomic E-state index is -0.0984. The Balaban J connectivity index is 2.07. The van der Waals surface area contributed by atoms with Gasteiger partial charge in [0.2, 0.25) is 0 Å². The van der Waals surface area contributed by atoms with Crippen molar-refractivity contribution in [1.82, 2.24) is 10.3 Å². The van der Waals surface area contributed by atoms with Gasteiger partial charge in [0.1, 0.15) is 10.7 Å². The smallest absolute Gasteiger partial charge is 0.265 e. The number of hydrogen-bond donors (Lipinski definition) is 2. The van der Waals surface area contributed by atoms with Crippen LogP contribution in [-0.2, 0) is 0 Å². The Morgan fingerprint density at radius 2 is 2.25 bits per heavy atom. The van der Waals surface area contributed by atoms with E-state index in [-0.39, 0.29) is 11.9 Å². The number of thiazole rings is 1. The zero-order valence-electron chi connectivity index (χ0n) is 12.1. The number of rotatable bonds is 5. The predicted octanol–water partition coefficient (Wildman–Crippen LogP) is 2.41. The van der Waals surface area contributed by atoms with E-state index < -0.39 is 0 Å². The number of carbonyl (C=O) groups excluding carboxylic acids is 1. The standard InChI is InChI=1S/C14H22N4OS/c1-3-18(4-2)14-17-12(15)11(20-14)13(19)16-10-8-6-5-7-9-10/h5-6,10H,3-4,7-9,15H2,1-2H3,(H,16,19). The molecular formula is C14H22N4OS. The van der Waals surface area contributed by atoms with Crippen molar-refractivity contribution in [3.05, 3.63) is 17.0 Å². The summed E-state index contributed by atoms with van der Waals surface area (Å²) in [6.07, 6.45) is 7.18. The molecule has 0 bridgehead atoms. The quantitative estimate of drug-likeness (QED) is 0.818. The van der Waals surface area contributed by atoms with Crippen molar-refractivity contribution >= 4 is 28.2 Å². The average molecular weight is 294 g/mol. The zero-order valence-corrected chi connectivity index (χ0v) is 12.9. The highest BCUT2D eigenvalue weighted by atomic mass is 32.1. The summed E-state index contributed by atoms with van der Waals surface area (Å²) in [5, 5.41) is 3.87. The topological polar surface area (TPSA) is 71.2 Å². The molecule has 20 heavy (non-hydrogen) atoms. The van der Waals surface area contributed by atoms with Crippen molar-refractivity contribution in [2.45, 2.75) is 39.2 Å². The van der Waals surface area contributed by atoms with Gasteiger partial charge in [0.25, 0.3) is 5.91 Å². The van der Waals surface area contributed by atoms with Crippen LogP contribution in [0.15, 0.2) is 12.2 Å². The molecule has 1 amide bonds. The van der Waals surface area contributed by atoms with Gasteiger partial charge in [-0.3, -0.25) is 4.79 Å². The minimum absolute atomic E-state index is 0.0984. The molecule has 1 aliphatic rings. The lowest BCUT2D eigenvalue weighted by atomic mass is 10.0. The molecule has 5 nitrogen and oxygen atoms in total. The van der Waals surface area contributed by atoms with Crippen LogP contribution in [0, 0.1) is 0 Å². The zero-order chi connectivity index (χ0) is 14.5. The van der Waals surface area contributed by atoms with Gasteiger partial charge in [-0.1, -0.05) is 23.5 Å². The molecule has 1 aromatic rings. The third-order valence-electron chi connectivity index (χ3n) is 3.49. The van der Waals surface area contributed by atoms with Gasteiger partial charge in [-0.25, -0.2) is 4.98 Å². The van der Waals surface area contributed by atoms with Crippen molar-refractivity contribution in [2.24, 2.45) is 0 Å². The van der Waals surface area contributed by atoms with Gasteiger partial charge >= 0.3 is 0 Å². The number of nitrogens with two attached hydrogens (primary N) is 1. The molecule has 0 aliphatic heterocycles. The summed E-state index contributed by atoms with van der Waals surface area (Å²) in [6, 6.07) is 0.214. The summed E-state index contributed by atoms with van der Waals surface area (Å²) in [5.41, 5.74) is 5.89. The second-order valence-electron chi connectivity index (χ2n) is 4.84. The van der Waals surface area contributed by atoms with Gasteiger partial charge in [0, 0.05) is 19.1 Å². The van der Waals surface area contributed by atoms with E-state index in [2.05, 4.69) is 41.2 Å². The Kier molecular flexibility index (Phi) is 5.00. The van der Waals surface area contributed by atoms with E-state index in [0.29, 0.717) is 10.7 Å². The first kappa shape index (κ1) is 14.8. The molecule has 0 radical (unpaired) electrons. The Morgan fingerprint density at radius 3 is 2.85 bits per heavy atom. The van der Waals surface area contributed by atoms with Crippen LogP contribution < -0.4 is 16.0 Å². The molecule has 3 N–H and O–H groups in total. The fourth-order valence-corrected chi connectivity index (χ4v) is 3.30. The van der Waals surface area contributed by atoms with Gasteiger partial charge in [0.05, 0.1) is 0 Å². The Hall–Kier alpha value is -1.56. The van der Waals surface area contributed by atoms with Crippen molar-refractivity contribution in [3.8, 4) is 0 Å². The molecular weight excluding hydrogens is 272 g/mol. The van der Waals surface area contributed by atoms with E-state index in [1.807, 2.05) is 0 Å². The second-order valence-corrected chi connectivity index (χ2v) is 5.82. The van der Waals surface area contributed by atoms with Gasteiger partial charge in [-0.05, 0) is 33.1 Å². The first-order valence-electron chi connectivity index (χ1n) is 7.12. The molecule has 110 valence electrons. The van der Waals surface area contributed by atoms with Crippen LogP contribution in [0.2, 0.25) is 0 Å². The largest absolute Gasteiger partial charge is 0.382 e. The van der Waals surface area contributed by atoms with Crippen LogP contribution >= 0.6 is 11.3 Å². The molecule has 0 saturated heterocycles. The highest BCUT2D eigenvalue weighted by Gasteiger charge is 2.21. The Labute approximate surface area is 123 Å². The first-order chi connectivity index (χ1) is 9.65. The molecule has 1 heterocycles. The van der Waals surface area contributed by atoms with Crippen molar-refractivity contribution in [1.29, 1.82) is 0 Å². The van der Waals surface area contributed by atoms with E-state index in [1.165, 1.54) is 11.3 Å². The maximum atomic E-state index is 12.3. The number of amides is 1. The number of anilines is 2. The third kappa shape index (κ3) is 3.30. The first-order valence-corrected chi connectivity index (χ1v) is 7.94. The summed E-state index contributed by atoms with van der Waals surface area (Å²) in [7, 11) is 0. The van der Waals surface area contributed by atoms with E-state index >= 15 is 0 Å². The monoisotopic (exact) mass is 294 g/mol. The van der Waals surface area contributed by atoms with Crippen molar-refractivity contribution < 1.29 is 4.79 Å². The maximum absolute atomic E-state index is 12.3. The summed E-state index contributed by atoms with van der Waals surface area (Å²) in [5.74, 6) is 0.236. The van der Waals surface area contributed by atoms with E-state index in [1.54, 1.807) is 0 Å². The van der Waals surface area contributed by atoms with E-state index in [0.717, 1.165) is 37.5 Å². The number of nitrogens with zero attached hydrogens (tertiary/aromatic N) is 2. The lowest BCUT2D eigenvalue weighted by Gasteiger charge is -2.19. The normalized spacial score (nSPS) is 18.0. The predicted molar refractivity (Wildman–Crippen MR) is 84.3 cm³/mol. The van der Waals surface area contributed by atoms with E-state index in [4.69, 9.17) is 5.73 Å². The van der Waals surface area contributed by atoms with Crippen molar-refractivity contribution in [2.75, 3.05) is 23.7 Å². The lowest BCUT2D eigenvalue weighted by molar-refractivity contribution is 0.0939. The lowest BCUT2D eigenvalue weighted by Crippen LogP contribution is -2.35. The van der Waals surface area contributed by atoms with Crippen LogP contribution in [0.3, 0.4) is 0 Å². The summed E-state index contributed by atoms with van der Waals surface area (Å²) >= 11 is 1.37. The van der Waals surface area contributed by atoms with Gasteiger partial charge in [0.15, 0.2) is 5.13 Å². The molecule has 1 aliphatic carbocycles. The minimum Gasteiger partial charge on any atom is -0.382 e. The molecule has 6 heteroatoms. The van der Waals surface area contributed by atoms with Gasteiger partial charge < -0.3 is 16.0 Å². The van der Waals surface area contributed by atoms with Gasteiger partial charge in [-0.15, -0.1) is 0 Å². The molecule has 0 saturated carbocycles. The van der Waals surface area contributed by atoms with Gasteiger partial charge in [-0.2, -0.15) is 0 Å². The van der Waals surface area contributed by atoms with Crippen LogP contribution in [0.25, 0.3) is 0 Å². The number of allylic oxidation sites excluding steroid dienone is 1. The fourth-order valence-electron chi connectivity index (χ4n) is 2.29. The summed E-state index contributed by atoms with van der Waals surface area (Å²) in [4.78, 5) is 19.2. The van der Waals surface area contributed by atoms with Crippen LogP contribution in [0.1, 0.15) is 42.8 Å². The molecule has 1 aromatic heterocycles. The number of nitrogens with one attached hydrogen (secondary N) is 1. The highest BCUT2D eigenvalue weighted by Crippen LogP contribution is 2.28. The van der Waals surface area contributed by atoms with Crippen LogP contribution in [-0.4, -0.2) is 30.0 Å². The number of hydrogen-bond acceptors (Lipinski definition) is 5. The fraction of sp³-hybridized carbons (Fsp3) is 0.571. The molecule has 0 aromatic carbocycles. The SMILES string of the molecule is CCN(CC)c1nc(N)c(C(=O)NC2CC=CCC2)s1. The molecule has 0 spiro atoms. The van der Waals surface area contributed by atoms with Crippen LogP contribution in [0.4, 0.5) is 10.9 Å². The molecule has 1 atom stereocenters. The summed E-state index contributed by atoms with van der Waals surface area (Å²) < 4.78 is 0. The van der Waals surface area contributed by atoms with Crippen molar-refractivity contribution in [3.63, 3.8) is 0 Å². The van der Waals surface area contributed by atoms with E-state index in [9.17, 15) is 4.79 Å². The third-order valence-corrected chi connectivity index (χ3v) is 4.62. The number of carbonyl (C=O) groups is 1. The number of aromatic nitrogens is 1. The Morgan fingerprint density at radius 1 is 1.50 bits per heavy atom. The molecule has 0 fully saturated rings. The Bertz CT molecular complexity index is 493. The molecule has 1 unspecified atom stereocenters. The second kappa shape index (κ2) is 6.74. The number of nitrogen functional groups attached to an aromatic ring is 1. The molecule has 2 rings (SSSR count). The average Bonchev–Trinajstić information content (AvgIpc) is 2.83. The highest BCUT2D eigenvalue weighted by molar-refractivity contribution is 7.18. The summed E-state index contributed by atoms with van der Waals surface area (Å²) in [6.45, 7) is 5.85. The van der Waals surface area contributed by atoms with Crippen LogP contribution in [0.5, 0.6) is 0 Å².